The molecule has 15 heavy (non-hydrogen) atoms. The third-order valence-electron chi connectivity index (χ3n) is 1.88. The summed E-state index contributed by atoms with van der Waals surface area (Å²) < 4.78 is 28.1. The predicted octanol–water partition coefficient (Wildman–Crippen LogP) is 3.45. The first-order valence-electron chi connectivity index (χ1n) is 4.18. The van der Waals surface area contributed by atoms with E-state index in [-0.39, 0.29) is 22.1 Å². The molecule has 2 nitrogen and oxygen atoms in total. The van der Waals surface area contributed by atoms with Gasteiger partial charge in [0.15, 0.2) is 5.78 Å². The summed E-state index contributed by atoms with van der Waals surface area (Å²) in [7, 11) is 0. The molecule has 1 aromatic carbocycles. The second kappa shape index (κ2) is 4.57. The van der Waals surface area contributed by atoms with Crippen molar-refractivity contribution in [2.75, 3.05) is 0 Å². The van der Waals surface area contributed by atoms with Crippen LogP contribution in [0.3, 0.4) is 0 Å². The first-order valence-corrected chi connectivity index (χ1v) is 4.56. The average Bonchev–Trinajstić information content (AvgIpc) is 2.09. The van der Waals surface area contributed by atoms with Gasteiger partial charge in [-0.3, -0.25) is 4.79 Å². The van der Waals surface area contributed by atoms with Crippen molar-refractivity contribution in [3.63, 3.8) is 0 Å². The van der Waals surface area contributed by atoms with E-state index in [2.05, 4.69) is 4.74 Å². The number of rotatable bonds is 3. The summed E-state index contributed by atoms with van der Waals surface area (Å²) in [6.07, 6.45) is 0. The van der Waals surface area contributed by atoms with E-state index >= 15 is 0 Å². The van der Waals surface area contributed by atoms with Gasteiger partial charge in [0.05, 0.1) is 5.02 Å². The van der Waals surface area contributed by atoms with Gasteiger partial charge in [0.1, 0.15) is 5.75 Å². The molecule has 1 rings (SSSR count). The molecule has 0 radical (unpaired) electrons. The SMILES string of the molecule is CC(=O)c1c(C)ccc(OC(F)F)c1Cl. The van der Waals surface area contributed by atoms with Crippen LogP contribution < -0.4 is 4.74 Å². The number of carbonyl (C=O) groups is 1. The molecule has 0 aromatic heterocycles. The molecule has 0 N–H and O–H groups in total. The third kappa shape index (κ3) is 2.65. The minimum Gasteiger partial charge on any atom is -0.433 e. The molecule has 1 aromatic rings. The number of hydrogen-bond acceptors (Lipinski definition) is 2. The van der Waals surface area contributed by atoms with Gasteiger partial charge < -0.3 is 4.74 Å². The number of ketones is 1. The van der Waals surface area contributed by atoms with Crippen molar-refractivity contribution in [3.8, 4) is 5.75 Å². The molecule has 82 valence electrons. The maximum atomic E-state index is 12.0. The zero-order valence-corrected chi connectivity index (χ0v) is 8.94. The molecule has 0 saturated carbocycles. The molecule has 0 aliphatic heterocycles. The van der Waals surface area contributed by atoms with Gasteiger partial charge in [-0.05, 0) is 25.5 Å². The van der Waals surface area contributed by atoms with Crippen LogP contribution in [-0.2, 0) is 0 Å². The molecule has 0 atom stereocenters. The zero-order chi connectivity index (χ0) is 11.6. The van der Waals surface area contributed by atoms with Crippen molar-refractivity contribution >= 4 is 17.4 Å². The van der Waals surface area contributed by atoms with Crippen molar-refractivity contribution in [1.82, 2.24) is 0 Å². The standard InChI is InChI=1S/C10H9ClF2O2/c1-5-3-4-7(15-10(12)13)9(11)8(5)6(2)14/h3-4,10H,1-2H3. The lowest BCUT2D eigenvalue weighted by Gasteiger charge is -2.10. The molecule has 0 amide bonds. The molecule has 0 heterocycles. The Morgan fingerprint density at radius 2 is 2.07 bits per heavy atom. The monoisotopic (exact) mass is 234 g/mol. The molecule has 0 bridgehead atoms. The number of alkyl halides is 2. The van der Waals surface area contributed by atoms with Crippen LogP contribution in [0.4, 0.5) is 8.78 Å². The van der Waals surface area contributed by atoms with Crippen molar-refractivity contribution in [2.24, 2.45) is 0 Å². The highest BCUT2D eigenvalue weighted by molar-refractivity contribution is 6.35. The molecule has 0 aliphatic rings. The highest BCUT2D eigenvalue weighted by atomic mass is 35.5. The molecule has 0 unspecified atom stereocenters. The van der Waals surface area contributed by atoms with Crippen molar-refractivity contribution in [1.29, 1.82) is 0 Å². The number of halogens is 3. The molecule has 0 fully saturated rings. The lowest BCUT2D eigenvalue weighted by atomic mass is 10.1. The van der Waals surface area contributed by atoms with Crippen LogP contribution >= 0.6 is 11.6 Å². The molecule has 5 heteroatoms. The normalized spacial score (nSPS) is 10.5. The van der Waals surface area contributed by atoms with E-state index in [1.807, 2.05) is 0 Å². The van der Waals surface area contributed by atoms with E-state index in [1.165, 1.54) is 19.1 Å². The van der Waals surface area contributed by atoms with E-state index in [4.69, 9.17) is 11.6 Å². The molecular formula is C10H9ClF2O2. The Morgan fingerprint density at radius 1 is 1.47 bits per heavy atom. The van der Waals surface area contributed by atoms with Gasteiger partial charge in [-0.2, -0.15) is 8.78 Å². The van der Waals surface area contributed by atoms with Gasteiger partial charge in [-0.25, -0.2) is 0 Å². The van der Waals surface area contributed by atoms with Gasteiger partial charge in [-0.1, -0.05) is 17.7 Å². The molecular weight excluding hydrogens is 226 g/mol. The predicted molar refractivity (Wildman–Crippen MR) is 52.8 cm³/mol. The minimum atomic E-state index is -2.95. The van der Waals surface area contributed by atoms with E-state index in [1.54, 1.807) is 6.92 Å². The third-order valence-corrected chi connectivity index (χ3v) is 2.26. The van der Waals surface area contributed by atoms with E-state index in [9.17, 15) is 13.6 Å². The smallest absolute Gasteiger partial charge is 0.387 e. The van der Waals surface area contributed by atoms with Crippen LogP contribution in [0.2, 0.25) is 5.02 Å². The Hall–Kier alpha value is -1.16. The number of aryl methyl sites for hydroxylation is 1. The second-order valence-electron chi connectivity index (χ2n) is 3.00. The second-order valence-corrected chi connectivity index (χ2v) is 3.38. The van der Waals surface area contributed by atoms with Gasteiger partial charge in [-0.15, -0.1) is 0 Å². The maximum absolute atomic E-state index is 12.0. The highest BCUT2D eigenvalue weighted by Crippen LogP contribution is 2.31. The Kier molecular flexibility index (Phi) is 3.63. The van der Waals surface area contributed by atoms with Gasteiger partial charge in [0, 0.05) is 5.56 Å². The Bertz CT molecular complexity index is 391. The van der Waals surface area contributed by atoms with Crippen LogP contribution in [0, 0.1) is 6.92 Å². The summed E-state index contributed by atoms with van der Waals surface area (Å²) in [5.41, 5.74) is 0.851. The van der Waals surface area contributed by atoms with Crippen molar-refractivity contribution in [2.45, 2.75) is 20.5 Å². The van der Waals surface area contributed by atoms with Crippen LogP contribution in [0.1, 0.15) is 22.8 Å². The lowest BCUT2D eigenvalue weighted by molar-refractivity contribution is -0.0498. The topological polar surface area (TPSA) is 26.3 Å². The first-order chi connectivity index (χ1) is 6.93. The minimum absolute atomic E-state index is 0.0669. The molecule has 0 spiro atoms. The van der Waals surface area contributed by atoms with Crippen LogP contribution in [-0.4, -0.2) is 12.4 Å². The first kappa shape index (κ1) is 11.9. The van der Waals surface area contributed by atoms with Crippen molar-refractivity contribution in [3.05, 3.63) is 28.3 Å². The molecule has 0 aliphatic carbocycles. The quantitative estimate of drug-likeness (QED) is 0.749. The Labute approximate surface area is 90.8 Å². The number of ether oxygens (including phenoxy) is 1. The van der Waals surface area contributed by atoms with E-state index < -0.39 is 6.61 Å². The largest absolute Gasteiger partial charge is 0.433 e. The summed E-state index contributed by atoms with van der Waals surface area (Å²) in [6.45, 7) is 0.0415. The van der Waals surface area contributed by atoms with Crippen LogP contribution in [0.5, 0.6) is 5.75 Å². The number of carbonyl (C=O) groups excluding carboxylic acids is 1. The number of Topliss-reactive ketones (excluding diaryl/α,β-unsaturated/α-hetero) is 1. The number of hydrogen-bond donors (Lipinski definition) is 0. The lowest BCUT2D eigenvalue weighted by Crippen LogP contribution is -2.05. The summed E-state index contributed by atoms with van der Waals surface area (Å²) in [4.78, 5) is 11.2. The fourth-order valence-electron chi connectivity index (χ4n) is 1.27. The van der Waals surface area contributed by atoms with E-state index in [0.717, 1.165) is 0 Å². The van der Waals surface area contributed by atoms with Crippen molar-refractivity contribution < 1.29 is 18.3 Å². The fourth-order valence-corrected chi connectivity index (χ4v) is 1.66. The summed E-state index contributed by atoms with van der Waals surface area (Å²) in [6, 6.07) is 2.83. The summed E-state index contributed by atoms with van der Waals surface area (Å²) in [5.74, 6) is -0.459. The zero-order valence-electron chi connectivity index (χ0n) is 8.18. The molecule has 0 saturated heterocycles. The van der Waals surface area contributed by atoms with Gasteiger partial charge in [0.2, 0.25) is 0 Å². The average molecular weight is 235 g/mol. The van der Waals surface area contributed by atoms with Gasteiger partial charge in [0.25, 0.3) is 0 Å². The summed E-state index contributed by atoms with van der Waals surface area (Å²) in [5, 5.41) is -0.0669. The highest BCUT2D eigenvalue weighted by Gasteiger charge is 2.16. The Balaban J connectivity index is 3.22. The Morgan fingerprint density at radius 3 is 2.53 bits per heavy atom. The number of benzene rings is 1. The fraction of sp³-hybridized carbons (Fsp3) is 0.300. The van der Waals surface area contributed by atoms with Gasteiger partial charge >= 0.3 is 6.61 Å². The van der Waals surface area contributed by atoms with Crippen LogP contribution in [0.25, 0.3) is 0 Å². The van der Waals surface area contributed by atoms with Crippen LogP contribution in [0.15, 0.2) is 12.1 Å². The summed E-state index contributed by atoms with van der Waals surface area (Å²) >= 11 is 5.77. The van der Waals surface area contributed by atoms with E-state index in [0.29, 0.717) is 5.56 Å². The maximum Gasteiger partial charge on any atom is 0.387 e.